The van der Waals surface area contributed by atoms with Crippen LogP contribution in [0.15, 0.2) is 48.5 Å². The summed E-state index contributed by atoms with van der Waals surface area (Å²) in [4.78, 5) is 0. The van der Waals surface area contributed by atoms with E-state index in [2.05, 4.69) is 88.6 Å². The summed E-state index contributed by atoms with van der Waals surface area (Å²) in [6.45, 7) is 22.2. The summed E-state index contributed by atoms with van der Waals surface area (Å²) in [6.07, 6.45) is 2.70. The number of ether oxygens (including phenoxy) is 1. The number of hydrogen-bond donors (Lipinski definition) is 0. The van der Waals surface area contributed by atoms with Gasteiger partial charge in [0.1, 0.15) is 5.75 Å². The minimum Gasteiger partial charge on any atom is -0.494 e. The van der Waals surface area contributed by atoms with Crippen LogP contribution in [0.1, 0.15) is 43.4 Å². The Kier molecular flexibility index (Phi) is 14.8. The highest BCUT2D eigenvalue weighted by molar-refractivity contribution is 6.81. The molecule has 2 aromatic carbocycles. The van der Waals surface area contributed by atoms with Gasteiger partial charge >= 0.3 is 35.9 Å². The molecule has 18 heteroatoms. The first-order valence-corrected chi connectivity index (χ1v) is 34.3. The first kappa shape index (κ1) is 39.4. The molecule has 0 amide bonds. The zero-order valence-electron chi connectivity index (χ0n) is 29.9. The molecule has 264 valence electrons. The lowest BCUT2D eigenvalue weighted by Crippen LogP contribution is -2.55. The summed E-state index contributed by atoms with van der Waals surface area (Å²) in [7, 11) is -15.4. The third-order valence-corrected chi connectivity index (χ3v) is 35.4. The summed E-state index contributed by atoms with van der Waals surface area (Å²) >= 11 is 0. The lowest BCUT2D eigenvalue weighted by molar-refractivity contribution is 0.143. The van der Waals surface area contributed by atoms with Gasteiger partial charge < -0.3 is 42.1 Å². The molecule has 2 heterocycles. The molecule has 0 saturated carbocycles. The van der Waals surface area contributed by atoms with Gasteiger partial charge in [0.05, 0.1) is 6.61 Å². The highest BCUT2D eigenvalue weighted by Crippen LogP contribution is 2.33. The van der Waals surface area contributed by atoms with Crippen LogP contribution in [0.2, 0.25) is 58.4 Å². The highest BCUT2D eigenvalue weighted by atomic mass is 28.5. The fraction of sp³-hybridized carbons (Fsp3) is 0.586. The average Bonchev–Trinajstić information content (AvgIpc) is 2.96. The predicted molar refractivity (Wildman–Crippen MR) is 204 cm³/mol. The van der Waals surface area contributed by atoms with Gasteiger partial charge in [-0.3, -0.25) is 0 Å². The summed E-state index contributed by atoms with van der Waals surface area (Å²) in [5, 5.41) is 0. The van der Waals surface area contributed by atoms with Crippen molar-refractivity contribution in [3.05, 3.63) is 65.2 Å². The fourth-order valence-electron chi connectivity index (χ4n) is 6.14. The number of hydrogen-bond acceptors (Lipinski definition) is 10. The second-order valence-electron chi connectivity index (χ2n) is 13.2. The third-order valence-electron chi connectivity index (χ3n) is 8.39. The van der Waals surface area contributed by atoms with Crippen molar-refractivity contribution >= 4 is 73.1 Å². The molecule has 2 aliphatic rings. The molecule has 0 aliphatic carbocycles. The molecule has 0 spiro atoms. The van der Waals surface area contributed by atoms with E-state index >= 15 is 0 Å². The summed E-state index contributed by atoms with van der Waals surface area (Å²) in [5.74, 6) is 0.877. The maximum Gasteiger partial charge on any atom is 0.479 e. The zero-order chi connectivity index (χ0) is 34.2. The predicted octanol–water partition coefficient (Wildman–Crippen LogP) is 4.63. The lowest BCUT2D eigenvalue weighted by Gasteiger charge is -2.37. The van der Waals surface area contributed by atoms with Gasteiger partial charge in [-0.2, -0.15) is 0 Å². The normalized spacial score (nSPS) is 32.6. The van der Waals surface area contributed by atoms with Crippen LogP contribution in [0.3, 0.4) is 0 Å². The van der Waals surface area contributed by atoms with Crippen molar-refractivity contribution in [3.8, 4) is 5.75 Å². The van der Waals surface area contributed by atoms with Gasteiger partial charge in [-0.1, -0.05) is 50.2 Å². The topological polar surface area (TPSA) is 92.3 Å². The summed E-state index contributed by atoms with van der Waals surface area (Å²) < 4.78 is 61.6. The largest absolute Gasteiger partial charge is 0.494 e. The van der Waals surface area contributed by atoms with E-state index in [0.29, 0.717) is 13.2 Å². The van der Waals surface area contributed by atoms with Gasteiger partial charge in [-0.15, -0.1) is 0 Å². The molecule has 4 atom stereocenters. The minimum atomic E-state index is -2.74. The highest BCUT2D eigenvalue weighted by Gasteiger charge is 2.42. The minimum absolute atomic E-state index is 0.141. The van der Waals surface area contributed by atoms with Crippen LogP contribution >= 0.6 is 0 Å². The van der Waals surface area contributed by atoms with Gasteiger partial charge in [0.25, 0.3) is 37.1 Å². The van der Waals surface area contributed by atoms with E-state index in [4.69, 9.17) is 42.1 Å². The Morgan fingerprint density at radius 3 is 1.57 bits per heavy atom. The standard InChI is InChI=1S/C29H56O10Si8/c1-29(2,26-16-14-25(15-17-26)13-11-23-31-47(10)38-44(7)34-41(4)35-45(8)39-47)27-18-20-28(21-19-27)30-22-12-24-46(9)36-42(5)32-40(3)33-43(6)37-46/h14-21,40-45H,11-13,22-24H2,1-10H3. The lowest BCUT2D eigenvalue weighted by atomic mass is 9.78. The molecule has 4 unspecified atom stereocenters. The number of benzene rings is 2. The molecule has 2 fully saturated rings. The molecule has 0 bridgehead atoms. The van der Waals surface area contributed by atoms with Crippen molar-refractivity contribution in [2.45, 2.75) is 96.9 Å². The van der Waals surface area contributed by atoms with Crippen molar-refractivity contribution in [2.75, 3.05) is 13.2 Å². The van der Waals surface area contributed by atoms with Crippen LogP contribution in [-0.2, 0) is 49.2 Å². The Morgan fingerprint density at radius 1 is 0.596 bits per heavy atom. The third kappa shape index (κ3) is 12.4. The Hall–Kier alpha value is -0.385. The summed E-state index contributed by atoms with van der Waals surface area (Å²) in [5.41, 5.74) is 3.67. The second-order valence-corrected chi connectivity index (χ2v) is 32.9. The van der Waals surface area contributed by atoms with Crippen molar-refractivity contribution < 1.29 is 42.1 Å². The van der Waals surface area contributed by atoms with E-state index in [0.717, 1.165) is 31.1 Å². The van der Waals surface area contributed by atoms with Crippen LogP contribution in [0, 0.1) is 0 Å². The number of aryl methyl sites for hydroxylation is 1. The van der Waals surface area contributed by atoms with Gasteiger partial charge in [0, 0.05) is 18.6 Å². The Labute approximate surface area is 295 Å². The molecule has 2 aromatic rings. The van der Waals surface area contributed by atoms with E-state index in [1.807, 2.05) is 26.2 Å². The quantitative estimate of drug-likeness (QED) is 0.224. The van der Waals surface area contributed by atoms with Crippen molar-refractivity contribution in [1.82, 2.24) is 0 Å². The van der Waals surface area contributed by atoms with E-state index in [1.165, 1.54) is 16.7 Å². The van der Waals surface area contributed by atoms with Gasteiger partial charge in [-0.25, -0.2) is 0 Å². The van der Waals surface area contributed by atoms with E-state index < -0.39 is 73.1 Å². The molecule has 4 rings (SSSR count). The van der Waals surface area contributed by atoms with Gasteiger partial charge in [0.2, 0.25) is 0 Å². The second kappa shape index (κ2) is 17.7. The summed E-state index contributed by atoms with van der Waals surface area (Å²) in [6, 6.07) is 18.3. The van der Waals surface area contributed by atoms with Crippen LogP contribution in [0.4, 0.5) is 0 Å². The fourth-order valence-corrected chi connectivity index (χ4v) is 34.0. The molecule has 2 saturated heterocycles. The Bertz CT molecular complexity index is 1120. The van der Waals surface area contributed by atoms with E-state index in [1.54, 1.807) is 0 Å². The Morgan fingerprint density at radius 2 is 1.06 bits per heavy atom. The van der Waals surface area contributed by atoms with E-state index in [-0.39, 0.29) is 5.41 Å². The molecule has 0 radical (unpaired) electrons. The SMILES string of the molecule is C[SiH]1O[SiH](C)O[Si](C)(CCCOc2ccc(C(C)(C)c3ccc(CCCO[Si]4(C)O[SiH](C)O[SiH](C)O[SiH](C)O4)cc3)cc2)O[SiH](C)O1. The molecule has 10 nitrogen and oxygen atoms in total. The zero-order valence-corrected chi connectivity index (χ0v) is 38.8. The number of rotatable bonds is 12. The first-order chi connectivity index (χ1) is 22.1. The maximum absolute atomic E-state index is 6.39. The molecule has 0 aromatic heterocycles. The first-order valence-electron chi connectivity index (χ1n) is 16.9. The van der Waals surface area contributed by atoms with Crippen molar-refractivity contribution in [2.24, 2.45) is 0 Å². The molecule has 0 N–H and O–H groups in total. The van der Waals surface area contributed by atoms with Crippen molar-refractivity contribution in [3.63, 3.8) is 0 Å². The van der Waals surface area contributed by atoms with Crippen LogP contribution in [-0.4, -0.2) is 86.3 Å². The maximum atomic E-state index is 6.39. The van der Waals surface area contributed by atoms with Crippen molar-refractivity contribution in [1.29, 1.82) is 0 Å². The Balaban J connectivity index is 1.22. The molecular weight excluding hydrogens is 733 g/mol. The molecule has 47 heavy (non-hydrogen) atoms. The monoisotopic (exact) mass is 788 g/mol. The van der Waals surface area contributed by atoms with Gasteiger partial charge in [0.15, 0.2) is 0 Å². The average molecular weight is 789 g/mol. The van der Waals surface area contributed by atoms with Gasteiger partial charge in [-0.05, 0) is 100.0 Å². The smallest absolute Gasteiger partial charge is 0.479 e. The van der Waals surface area contributed by atoms with Crippen LogP contribution < -0.4 is 4.74 Å². The molecular formula is C29H56O10Si8. The van der Waals surface area contributed by atoms with Crippen LogP contribution in [0.25, 0.3) is 0 Å². The molecule has 2 aliphatic heterocycles. The van der Waals surface area contributed by atoms with Crippen LogP contribution in [0.5, 0.6) is 5.75 Å². The van der Waals surface area contributed by atoms with E-state index in [9.17, 15) is 0 Å².